The van der Waals surface area contributed by atoms with Crippen LogP contribution in [0.5, 0.6) is 0 Å². The van der Waals surface area contributed by atoms with Gasteiger partial charge < -0.3 is 10.1 Å². The summed E-state index contributed by atoms with van der Waals surface area (Å²) in [5.74, 6) is 0.0787. The monoisotopic (exact) mass is 205 g/mol. The van der Waals surface area contributed by atoms with Crippen molar-refractivity contribution in [3.05, 3.63) is 35.9 Å². The third-order valence-corrected chi connectivity index (χ3v) is 3.16. The minimum absolute atomic E-state index is 0.168. The molecule has 3 nitrogen and oxygen atoms in total. The van der Waals surface area contributed by atoms with Crippen molar-refractivity contribution in [2.75, 3.05) is 14.2 Å². The van der Waals surface area contributed by atoms with Crippen LogP contribution < -0.4 is 5.32 Å². The van der Waals surface area contributed by atoms with Crippen LogP contribution in [0, 0.1) is 0 Å². The Morgan fingerprint density at radius 3 is 2.67 bits per heavy atom. The van der Waals surface area contributed by atoms with E-state index >= 15 is 0 Å². The molecule has 1 aliphatic rings. The lowest BCUT2D eigenvalue weighted by Crippen LogP contribution is -2.39. The van der Waals surface area contributed by atoms with Gasteiger partial charge in [-0.2, -0.15) is 0 Å². The Hall–Kier alpha value is -1.35. The minimum Gasteiger partial charge on any atom is -0.468 e. The molecule has 0 spiro atoms. The van der Waals surface area contributed by atoms with E-state index in [1.165, 1.54) is 12.7 Å². The van der Waals surface area contributed by atoms with Crippen LogP contribution in [-0.2, 0) is 9.53 Å². The second-order valence-corrected chi connectivity index (χ2v) is 3.88. The first-order valence-electron chi connectivity index (χ1n) is 5.07. The van der Waals surface area contributed by atoms with Crippen molar-refractivity contribution >= 4 is 5.97 Å². The lowest BCUT2D eigenvalue weighted by Gasteiger charge is -2.13. The van der Waals surface area contributed by atoms with Gasteiger partial charge in [-0.3, -0.25) is 4.79 Å². The molecule has 0 saturated heterocycles. The minimum atomic E-state index is -0.490. The molecule has 1 N–H and O–H groups in total. The normalized spacial score (nSPS) is 28.5. The molecular weight excluding hydrogens is 190 g/mol. The fraction of sp³-hybridized carbons (Fsp3) is 0.417. The summed E-state index contributed by atoms with van der Waals surface area (Å²) >= 11 is 0. The highest BCUT2D eigenvalue weighted by atomic mass is 16.5. The molecule has 0 heterocycles. The fourth-order valence-electron chi connectivity index (χ4n) is 2.14. The molecule has 0 bridgehead atoms. The van der Waals surface area contributed by atoms with Crippen LogP contribution in [0.2, 0.25) is 0 Å². The van der Waals surface area contributed by atoms with Crippen molar-refractivity contribution in [3.63, 3.8) is 0 Å². The van der Waals surface area contributed by atoms with Crippen molar-refractivity contribution in [3.8, 4) is 0 Å². The number of ether oxygens (including phenoxy) is 1. The second kappa shape index (κ2) is 3.66. The summed E-state index contributed by atoms with van der Waals surface area (Å²) < 4.78 is 4.82. The Bertz CT molecular complexity index is 363. The summed E-state index contributed by atoms with van der Waals surface area (Å²) in [4.78, 5) is 11.6. The summed E-state index contributed by atoms with van der Waals surface area (Å²) in [5.41, 5.74) is 0.702. The first kappa shape index (κ1) is 10.2. The number of carbonyl (C=O) groups excluding carboxylic acids is 1. The summed E-state index contributed by atoms with van der Waals surface area (Å²) in [6.07, 6.45) is 0.820. The van der Waals surface area contributed by atoms with Crippen LogP contribution in [0.25, 0.3) is 0 Å². The molecular formula is C12H15NO2. The van der Waals surface area contributed by atoms with E-state index in [2.05, 4.69) is 5.32 Å². The van der Waals surface area contributed by atoms with Crippen LogP contribution >= 0.6 is 0 Å². The highest BCUT2D eigenvalue weighted by molar-refractivity contribution is 5.86. The zero-order chi connectivity index (χ0) is 10.9. The summed E-state index contributed by atoms with van der Waals surface area (Å²) in [7, 11) is 3.24. The molecule has 0 aliphatic heterocycles. The zero-order valence-electron chi connectivity index (χ0n) is 8.99. The van der Waals surface area contributed by atoms with Crippen molar-refractivity contribution in [2.24, 2.45) is 0 Å². The summed E-state index contributed by atoms with van der Waals surface area (Å²) in [6.45, 7) is 0. The standard InChI is InChI=1S/C12H15NO2/c1-13-12(11(14)15-2)8-10(12)9-6-4-3-5-7-9/h3-7,10,13H,8H2,1-2H3. The SMILES string of the molecule is CNC1(C(=O)OC)CC1c1ccccc1. The number of hydrogen-bond acceptors (Lipinski definition) is 3. The van der Waals surface area contributed by atoms with Crippen molar-refractivity contribution < 1.29 is 9.53 Å². The van der Waals surface area contributed by atoms with Crippen molar-refractivity contribution in [1.29, 1.82) is 0 Å². The number of likely N-dealkylation sites (N-methyl/N-ethyl adjacent to an activating group) is 1. The maximum Gasteiger partial charge on any atom is 0.326 e. The molecule has 0 amide bonds. The summed E-state index contributed by atoms with van der Waals surface area (Å²) in [5, 5.41) is 3.08. The van der Waals surface area contributed by atoms with Gasteiger partial charge >= 0.3 is 5.97 Å². The van der Waals surface area contributed by atoms with Gasteiger partial charge in [-0.1, -0.05) is 30.3 Å². The van der Waals surface area contributed by atoms with Crippen molar-refractivity contribution in [2.45, 2.75) is 17.9 Å². The molecule has 1 aliphatic carbocycles. The fourth-order valence-corrected chi connectivity index (χ4v) is 2.14. The number of carbonyl (C=O) groups is 1. The van der Waals surface area contributed by atoms with Crippen LogP contribution in [0.3, 0.4) is 0 Å². The quantitative estimate of drug-likeness (QED) is 0.756. The number of hydrogen-bond donors (Lipinski definition) is 1. The Kier molecular flexibility index (Phi) is 2.49. The van der Waals surface area contributed by atoms with Crippen LogP contribution in [-0.4, -0.2) is 25.7 Å². The molecule has 80 valence electrons. The van der Waals surface area contributed by atoms with Gasteiger partial charge in [0.15, 0.2) is 0 Å². The molecule has 2 unspecified atom stereocenters. The van der Waals surface area contributed by atoms with E-state index in [0.29, 0.717) is 0 Å². The maximum atomic E-state index is 11.6. The number of rotatable bonds is 3. The van der Waals surface area contributed by atoms with Gasteiger partial charge in [-0.05, 0) is 19.0 Å². The topological polar surface area (TPSA) is 38.3 Å². The number of benzene rings is 1. The number of esters is 1. The van der Waals surface area contributed by atoms with E-state index in [0.717, 1.165) is 6.42 Å². The maximum absolute atomic E-state index is 11.6. The van der Waals surface area contributed by atoms with Crippen molar-refractivity contribution in [1.82, 2.24) is 5.32 Å². The van der Waals surface area contributed by atoms with Gasteiger partial charge in [-0.25, -0.2) is 0 Å². The average Bonchev–Trinajstić information content (AvgIpc) is 3.05. The Labute approximate surface area is 89.4 Å². The molecule has 1 aromatic rings. The molecule has 2 atom stereocenters. The Morgan fingerprint density at radius 1 is 1.47 bits per heavy atom. The van der Waals surface area contributed by atoms with Crippen LogP contribution in [0.15, 0.2) is 30.3 Å². The van der Waals surface area contributed by atoms with Crippen LogP contribution in [0.4, 0.5) is 0 Å². The van der Waals surface area contributed by atoms with Gasteiger partial charge in [0.2, 0.25) is 0 Å². The average molecular weight is 205 g/mol. The second-order valence-electron chi connectivity index (χ2n) is 3.88. The molecule has 2 rings (SSSR count). The van der Waals surface area contributed by atoms with E-state index in [9.17, 15) is 4.79 Å². The van der Waals surface area contributed by atoms with Gasteiger partial charge in [0.25, 0.3) is 0 Å². The first-order chi connectivity index (χ1) is 7.24. The van der Waals surface area contributed by atoms with Gasteiger partial charge in [0, 0.05) is 5.92 Å². The smallest absolute Gasteiger partial charge is 0.326 e. The predicted molar refractivity (Wildman–Crippen MR) is 57.6 cm³/mol. The third kappa shape index (κ3) is 1.53. The highest BCUT2D eigenvalue weighted by Crippen LogP contribution is 2.51. The Morgan fingerprint density at radius 2 is 2.13 bits per heavy atom. The molecule has 0 aromatic heterocycles. The molecule has 1 aromatic carbocycles. The van der Waals surface area contributed by atoms with E-state index in [-0.39, 0.29) is 11.9 Å². The van der Waals surface area contributed by atoms with E-state index in [4.69, 9.17) is 4.74 Å². The van der Waals surface area contributed by atoms with Gasteiger partial charge in [-0.15, -0.1) is 0 Å². The molecule has 1 saturated carbocycles. The number of nitrogens with one attached hydrogen (secondary N) is 1. The van der Waals surface area contributed by atoms with Crippen LogP contribution in [0.1, 0.15) is 17.9 Å². The largest absolute Gasteiger partial charge is 0.468 e. The molecule has 0 radical (unpaired) electrons. The molecule has 3 heteroatoms. The molecule has 1 fully saturated rings. The third-order valence-electron chi connectivity index (χ3n) is 3.16. The lowest BCUT2D eigenvalue weighted by molar-refractivity contribution is -0.144. The lowest BCUT2D eigenvalue weighted by atomic mass is 10.1. The van der Waals surface area contributed by atoms with E-state index in [1.807, 2.05) is 30.3 Å². The first-order valence-corrected chi connectivity index (χ1v) is 5.07. The Balaban J connectivity index is 2.20. The highest BCUT2D eigenvalue weighted by Gasteiger charge is 2.60. The van der Waals surface area contributed by atoms with E-state index in [1.54, 1.807) is 7.05 Å². The zero-order valence-corrected chi connectivity index (χ0v) is 8.99. The number of methoxy groups -OCH3 is 1. The van der Waals surface area contributed by atoms with Gasteiger partial charge in [0.05, 0.1) is 7.11 Å². The van der Waals surface area contributed by atoms with E-state index < -0.39 is 5.54 Å². The van der Waals surface area contributed by atoms with Gasteiger partial charge in [0.1, 0.15) is 5.54 Å². The summed E-state index contributed by atoms with van der Waals surface area (Å²) in [6, 6.07) is 10.1. The predicted octanol–water partition coefficient (Wildman–Crippen LogP) is 1.31. The molecule has 15 heavy (non-hydrogen) atoms.